The van der Waals surface area contributed by atoms with Gasteiger partial charge in [-0.2, -0.15) is 4.68 Å². The van der Waals surface area contributed by atoms with Crippen molar-refractivity contribution in [3.63, 3.8) is 0 Å². The highest BCUT2D eigenvalue weighted by Crippen LogP contribution is 2.18. The van der Waals surface area contributed by atoms with E-state index in [1.807, 2.05) is 7.05 Å². The van der Waals surface area contributed by atoms with E-state index < -0.39 is 0 Å². The molecule has 0 saturated carbocycles. The summed E-state index contributed by atoms with van der Waals surface area (Å²) in [5.74, 6) is 0.420. The van der Waals surface area contributed by atoms with E-state index in [1.165, 1.54) is 12.1 Å². The average Bonchev–Trinajstić information content (AvgIpc) is 2.67. The fourth-order valence-electron chi connectivity index (χ4n) is 1.31. The highest BCUT2D eigenvalue weighted by atomic mass is 127. The molecular formula is C9H9FIN5. The normalized spacial score (nSPS) is 10.7. The Kier molecular flexibility index (Phi) is 3.44. The van der Waals surface area contributed by atoms with E-state index in [9.17, 15) is 4.39 Å². The Morgan fingerprint density at radius 2 is 2.31 bits per heavy atom. The largest absolute Gasteiger partial charge is 0.313 e. The highest BCUT2D eigenvalue weighted by Gasteiger charge is 2.10. The Hall–Kier alpha value is -1.09. The maximum Gasteiger partial charge on any atom is 0.170 e. The first-order valence-corrected chi connectivity index (χ1v) is 5.67. The second-order valence-corrected chi connectivity index (χ2v) is 4.30. The van der Waals surface area contributed by atoms with Crippen molar-refractivity contribution in [3.05, 3.63) is 33.4 Å². The van der Waals surface area contributed by atoms with Crippen molar-refractivity contribution in [2.75, 3.05) is 7.05 Å². The van der Waals surface area contributed by atoms with Crippen molar-refractivity contribution in [3.8, 4) is 5.69 Å². The van der Waals surface area contributed by atoms with E-state index in [0.29, 0.717) is 12.4 Å². The van der Waals surface area contributed by atoms with Gasteiger partial charge in [-0.3, -0.25) is 0 Å². The van der Waals surface area contributed by atoms with Gasteiger partial charge in [0.15, 0.2) is 5.82 Å². The van der Waals surface area contributed by atoms with Crippen LogP contribution in [0.5, 0.6) is 0 Å². The van der Waals surface area contributed by atoms with Crippen LogP contribution in [0, 0.1) is 9.39 Å². The summed E-state index contributed by atoms with van der Waals surface area (Å²) in [6.07, 6.45) is 0. The molecule has 2 rings (SSSR count). The third-order valence-electron chi connectivity index (χ3n) is 2.01. The first-order valence-electron chi connectivity index (χ1n) is 4.59. The van der Waals surface area contributed by atoms with Crippen LogP contribution < -0.4 is 5.32 Å². The van der Waals surface area contributed by atoms with Gasteiger partial charge >= 0.3 is 0 Å². The minimum atomic E-state index is -0.267. The topological polar surface area (TPSA) is 55.6 Å². The second-order valence-electron chi connectivity index (χ2n) is 3.13. The summed E-state index contributed by atoms with van der Waals surface area (Å²) in [7, 11) is 1.81. The van der Waals surface area contributed by atoms with Gasteiger partial charge in [0.05, 0.1) is 12.2 Å². The molecule has 1 aromatic carbocycles. The smallest absolute Gasteiger partial charge is 0.170 e. The molecule has 0 radical (unpaired) electrons. The average molecular weight is 333 g/mol. The van der Waals surface area contributed by atoms with Crippen LogP contribution in [0.2, 0.25) is 0 Å². The standard InChI is InChI=1S/C9H9FIN5/c1-12-5-9-13-14-15-16(9)8-3-2-6(10)4-7(8)11/h2-4,12H,5H2,1H3. The molecule has 0 unspecified atom stereocenters. The summed E-state index contributed by atoms with van der Waals surface area (Å²) in [6, 6.07) is 4.50. The van der Waals surface area contributed by atoms with E-state index >= 15 is 0 Å². The van der Waals surface area contributed by atoms with Crippen molar-refractivity contribution in [2.24, 2.45) is 0 Å². The lowest BCUT2D eigenvalue weighted by atomic mass is 10.3. The van der Waals surface area contributed by atoms with Gasteiger partial charge in [-0.1, -0.05) is 0 Å². The van der Waals surface area contributed by atoms with Crippen molar-refractivity contribution in [2.45, 2.75) is 6.54 Å². The van der Waals surface area contributed by atoms with E-state index in [4.69, 9.17) is 0 Å². The van der Waals surface area contributed by atoms with E-state index in [-0.39, 0.29) is 5.82 Å². The monoisotopic (exact) mass is 333 g/mol. The van der Waals surface area contributed by atoms with Crippen LogP contribution in [0.25, 0.3) is 5.69 Å². The molecule has 84 valence electrons. The van der Waals surface area contributed by atoms with Gasteiger partial charge in [0, 0.05) is 3.57 Å². The number of tetrazole rings is 1. The van der Waals surface area contributed by atoms with Crippen LogP contribution in [0.3, 0.4) is 0 Å². The molecule has 7 heteroatoms. The molecule has 16 heavy (non-hydrogen) atoms. The lowest BCUT2D eigenvalue weighted by molar-refractivity contribution is 0.624. The highest BCUT2D eigenvalue weighted by molar-refractivity contribution is 14.1. The minimum absolute atomic E-state index is 0.267. The van der Waals surface area contributed by atoms with Crippen LogP contribution in [-0.4, -0.2) is 27.3 Å². The Morgan fingerprint density at radius 1 is 1.50 bits per heavy atom. The second kappa shape index (κ2) is 4.83. The van der Waals surface area contributed by atoms with Crippen molar-refractivity contribution < 1.29 is 4.39 Å². The third kappa shape index (κ3) is 2.19. The van der Waals surface area contributed by atoms with Crippen LogP contribution >= 0.6 is 22.6 Å². The summed E-state index contributed by atoms with van der Waals surface area (Å²) in [5, 5.41) is 14.3. The Labute approximate surface area is 105 Å². The van der Waals surface area contributed by atoms with Gasteiger partial charge in [0.1, 0.15) is 5.82 Å². The molecule has 1 N–H and O–H groups in total. The molecule has 0 amide bonds. The zero-order chi connectivity index (χ0) is 11.5. The molecule has 1 heterocycles. The van der Waals surface area contributed by atoms with Gasteiger partial charge < -0.3 is 5.32 Å². The predicted octanol–water partition coefficient (Wildman–Crippen LogP) is 1.13. The zero-order valence-electron chi connectivity index (χ0n) is 8.48. The molecule has 0 aliphatic heterocycles. The third-order valence-corrected chi connectivity index (χ3v) is 2.87. The predicted molar refractivity (Wildman–Crippen MR) is 64.6 cm³/mol. The number of rotatable bonds is 3. The van der Waals surface area contributed by atoms with Gasteiger partial charge in [-0.15, -0.1) is 5.10 Å². The lowest BCUT2D eigenvalue weighted by Crippen LogP contribution is -2.13. The minimum Gasteiger partial charge on any atom is -0.313 e. The van der Waals surface area contributed by atoms with Gasteiger partial charge in [-0.05, 0) is 58.3 Å². The molecule has 0 bridgehead atoms. The van der Waals surface area contributed by atoms with Crippen LogP contribution in [0.4, 0.5) is 4.39 Å². The molecule has 1 aromatic heterocycles. The summed E-state index contributed by atoms with van der Waals surface area (Å²) in [5.41, 5.74) is 0.775. The SMILES string of the molecule is CNCc1nnnn1-c1ccc(F)cc1I. The maximum atomic E-state index is 13.0. The molecule has 0 spiro atoms. The number of benzene rings is 1. The van der Waals surface area contributed by atoms with Crippen LogP contribution in [0.1, 0.15) is 5.82 Å². The molecule has 0 aliphatic rings. The molecular weight excluding hydrogens is 324 g/mol. The van der Waals surface area contributed by atoms with Crippen LogP contribution in [0.15, 0.2) is 18.2 Å². The molecule has 0 atom stereocenters. The number of nitrogens with one attached hydrogen (secondary N) is 1. The van der Waals surface area contributed by atoms with Crippen molar-refractivity contribution in [1.29, 1.82) is 0 Å². The Morgan fingerprint density at radius 3 is 3.00 bits per heavy atom. The van der Waals surface area contributed by atoms with Crippen molar-refractivity contribution >= 4 is 22.6 Å². The Balaban J connectivity index is 2.46. The zero-order valence-corrected chi connectivity index (χ0v) is 10.6. The fourth-order valence-corrected chi connectivity index (χ4v) is 2.02. The first-order chi connectivity index (χ1) is 7.72. The summed E-state index contributed by atoms with van der Waals surface area (Å²) in [4.78, 5) is 0. The molecule has 5 nitrogen and oxygen atoms in total. The number of hydrogen-bond acceptors (Lipinski definition) is 4. The van der Waals surface area contributed by atoms with Crippen LogP contribution in [-0.2, 0) is 6.54 Å². The van der Waals surface area contributed by atoms with Gasteiger partial charge in [0.25, 0.3) is 0 Å². The summed E-state index contributed by atoms with van der Waals surface area (Å²) >= 11 is 2.06. The molecule has 0 aliphatic carbocycles. The Bertz CT molecular complexity index is 498. The van der Waals surface area contributed by atoms with Gasteiger partial charge in [-0.25, -0.2) is 4.39 Å². The number of nitrogens with zero attached hydrogens (tertiary/aromatic N) is 4. The molecule has 2 aromatic rings. The van der Waals surface area contributed by atoms with E-state index in [1.54, 1.807) is 10.7 Å². The van der Waals surface area contributed by atoms with E-state index in [0.717, 1.165) is 9.26 Å². The maximum absolute atomic E-state index is 13.0. The van der Waals surface area contributed by atoms with Crippen molar-refractivity contribution in [1.82, 2.24) is 25.5 Å². The summed E-state index contributed by atoms with van der Waals surface area (Å²) < 4.78 is 15.3. The quantitative estimate of drug-likeness (QED) is 0.856. The van der Waals surface area contributed by atoms with E-state index in [2.05, 4.69) is 43.4 Å². The number of aromatic nitrogens is 4. The van der Waals surface area contributed by atoms with Gasteiger partial charge in [0.2, 0.25) is 0 Å². The fraction of sp³-hybridized carbons (Fsp3) is 0.222. The number of hydrogen-bond donors (Lipinski definition) is 1. The molecule has 0 fully saturated rings. The summed E-state index contributed by atoms with van der Waals surface area (Å²) in [6.45, 7) is 0.556. The lowest BCUT2D eigenvalue weighted by Gasteiger charge is -2.06. The first kappa shape index (κ1) is 11.4. The molecule has 0 saturated heterocycles. The number of halogens is 2.